The number of hydrogen-bond donors (Lipinski definition) is 1. The summed E-state index contributed by atoms with van der Waals surface area (Å²) in [5.41, 5.74) is 7.52. The summed E-state index contributed by atoms with van der Waals surface area (Å²) >= 11 is 0. The smallest absolute Gasteiger partial charge is 0.211 e. The van der Waals surface area contributed by atoms with Gasteiger partial charge in [0.1, 0.15) is 5.82 Å². The fourth-order valence-corrected chi connectivity index (χ4v) is 3.27. The maximum Gasteiger partial charge on any atom is 0.211 e. The van der Waals surface area contributed by atoms with Gasteiger partial charge in [-0.05, 0) is 30.7 Å². The van der Waals surface area contributed by atoms with Crippen molar-refractivity contribution in [2.75, 3.05) is 37.3 Å². The molecule has 5 nitrogen and oxygen atoms in total. The highest BCUT2D eigenvalue weighted by Crippen LogP contribution is 2.27. The highest BCUT2D eigenvalue weighted by molar-refractivity contribution is 7.88. The molecule has 0 saturated carbocycles. The van der Waals surface area contributed by atoms with Crippen LogP contribution in [-0.4, -0.2) is 45.2 Å². The predicted octanol–water partition coefficient (Wildman–Crippen LogP) is 0.927. The molecule has 1 fully saturated rings. The molecule has 1 saturated heterocycles. The number of nitrogens with two attached hydrogens (primary N) is 1. The predicted molar refractivity (Wildman–Crippen MR) is 77.6 cm³/mol. The Morgan fingerprint density at radius 3 is 2.35 bits per heavy atom. The van der Waals surface area contributed by atoms with Crippen LogP contribution >= 0.6 is 0 Å². The van der Waals surface area contributed by atoms with Crippen molar-refractivity contribution in [1.29, 1.82) is 0 Å². The zero-order chi connectivity index (χ0) is 14.9. The van der Waals surface area contributed by atoms with Gasteiger partial charge in [-0.3, -0.25) is 0 Å². The summed E-state index contributed by atoms with van der Waals surface area (Å²) in [4.78, 5) is 2.06. The summed E-state index contributed by atoms with van der Waals surface area (Å²) in [6.45, 7) is 3.85. The van der Waals surface area contributed by atoms with Gasteiger partial charge in [0, 0.05) is 37.9 Å². The molecule has 2 rings (SSSR count). The van der Waals surface area contributed by atoms with Gasteiger partial charge in [0.25, 0.3) is 0 Å². The number of rotatable bonds is 3. The number of benzene rings is 1. The quantitative estimate of drug-likeness (QED) is 0.902. The van der Waals surface area contributed by atoms with Crippen LogP contribution in [0, 0.1) is 5.82 Å². The van der Waals surface area contributed by atoms with Crippen molar-refractivity contribution in [1.82, 2.24) is 4.31 Å². The van der Waals surface area contributed by atoms with E-state index in [9.17, 15) is 12.8 Å². The topological polar surface area (TPSA) is 66.6 Å². The van der Waals surface area contributed by atoms with Crippen LogP contribution in [0.5, 0.6) is 0 Å². The van der Waals surface area contributed by atoms with Crippen molar-refractivity contribution < 1.29 is 12.8 Å². The van der Waals surface area contributed by atoms with Crippen molar-refractivity contribution in [3.8, 4) is 0 Å². The Bertz CT molecular complexity index is 581. The van der Waals surface area contributed by atoms with Crippen molar-refractivity contribution in [3.63, 3.8) is 0 Å². The first-order valence-corrected chi connectivity index (χ1v) is 8.39. The van der Waals surface area contributed by atoms with E-state index in [4.69, 9.17) is 5.73 Å². The summed E-state index contributed by atoms with van der Waals surface area (Å²) in [7, 11) is -3.14. The fraction of sp³-hybridized carbons (Fsp3) is 0.538. The number of nitrogens with zero attached hydrogens (tertiary/aromatic N) is 2. The van der Waals surface area contributed by atoms with Gasteiger partial charge in [0.15, 0.2) is 0 Å². The molecule has 0 spiro atoms. The summed E-state index contributed by atoms with van der Waals surface area (Å²) in [6, 6.07) is 4.30. The van der Waals surface area contributed by atoms with E-state index in [1.165, 1.54) is 22.7 Å². The van der Waals surface area contributed by atoms with Crippen LogP contribution in [0.2, 0.25) is 0 Å². The minimum atomic E-state index is -3.14. The lowest BCUT2D eigenvalue weighted by molar-refractivity contribution is 0.387. The van der Waals surface area contributed by atoms with Crippen molar-refractivity contribution in [2.45, 2.75) is 13.0 Å². The molecule has 7 heteroatoms. The monoisotopic (exact) mass is 301 g/mol. The third-order valence-corrected chi connectivity index (χ3v) is 4.83. The zero-order valence-electron chi connectivity index (χ0n) is 11.7. The number of sulfonamides is 1. The fourth-order valence-electron chi connectivity index (χ4n) is 2.44. The Labute approximate surface area is 119 Å². The molecule has 0 aliphatic carbocycles. The summed E-state index contributed by atoms with van der Waals surface area (Å²) in [5, 5.41) is 0. The minimum Gasteiger partial charge on any atom is -0.369 e. The summed E-state index contributed by atoms with van der Waals surface area (Å²) in [5.74, 6) is -0.309. The number of piperazine rings is 1. The Balaban J connectivity index is 2.19. The molecule has 0 aromatic heterocycles. The van der Waals surface area contributed by atoms with Crippen LogP contribution in [0.4, 0.5) is 10.1 Å². The molecule has 0 unspecified atom stereocenters. The summed E-state index contributed by atoms with van der Waals surface area (Å²) in [6.07, 6.45) is 1.22. The van der Waals surface area contributed by atoms with E-state index in [1.807, 2.05) is 6.92 Å². The largest absolute Gasteiger partial charge is 0.369 e. The van der Waals surface area contributed by atoms with Crippen molar-refractivity contribution in [3.05, 3.63) is 29.6 Å². The molecule has 2 N–H and O–H groups in total. The molecule has 1 aliphatic heterocycles. The highest BCUT2D eigenvalue weighted by atomic mass is 32.2. The van der Waals surface area contributed by atoms with Gasteiger partial charge >= 0.3 is 0 Å². The molecule has 0 radical (unpaired) electrons. The molecule has 1 aliphatic rings. The minimum absolute atomic E-state index is 0.270. The number of hydrogen-bond acceptors (Lipinski definition) is 4. The molecule has 0 bridgehead atoms. The third-order valence-electron chi connectivity index (χ3n) is 3.53. The van der Waals surface area contributed by atoms with Crippen molar-refractivity contribution in [2.24, 2.45) is 5.73 Å². The van der Waals surface area contributed by atoms with Crippen LogP contribution < -0.4 is 10.6 Å². The maximum atomic E-state index is 13.3. The first kappa shape index (κ1) is 15.2. The van der Waals surface area contributed by atoms with E-state index < -0.39 is 10.0 Å². The normalized spacial score (nSPS) is 19.1. The second-order valence-electron chi connectivity index (χ2n) is 5.14. The molecule has 20 heavy (non-hydrogen) atoms. The first-order valence-electron chi connectivity index (χ1n) is 6.54. The van der Waals surface area contributed by atoms with Crippen LogP contribution in [-0.2, 0) is 10.0 Å². The first-order chi connectivity index (χ1) is 9.29. The molecule has 1 aromatic rings. The zero-order valence-corrected chi connectivity index (χ0v) is 12.5. The second kappa shape index (κ2) is 5.67. The number of halogens is 1. The standard InChI is InChI=1S/C13H20FN3O2S/c1-10(15)12-9-11(14)3-4-13(12)16-5-7-17(8-6-16)20(2,18)19/h3-4,9-10H,5-8,15H2,1-2H3/t10-/m0/s1. The van der Waals surface area contributed by atoms with Crippen LogP contribution in [0.25, 0.3) is 0 Å². The molecule has 1 heterocycles. The van der Waals surface area contributed by atoms with Gasteiger partial charge in [-0.2, -0.15) is 4.31 Å². The molecule has 1 aromatic carbocycles. The average molecular weight is 301 g/mol. The summed E-state index contributed by atoms with van der Waals surface area (Å²) < 4.78 is 37.8. The van der Waals surface area contributed by atoms with E-state index in [1.54, 1.807) is 6.07 Å². The van der Waals surface area contributed by atoms with E-state index in [2.05, 4.69) is 4.90 Å². The maximum absolute atomic E-state index is 13.3. The van der Waals surface area contributed by atoms with Gasteiger partial charge < -0.3 is 10.6 Å². The lowest BCUT2D eigenvalue weighted by Gasteiger charge is -2.36. The van der Waals surface area contributed by atoms with Gasteiger partial charge in [0.2, 0.25) is 10.0 Å². The van der Waals surface area contributed by atoms with E-state index in [0.717, 1.165) is 11.3 Å². The number of anilines is 1. The highest BCUT2D eigenvalue weighted by Gasteiger charge is 2.25. The molecule has 1 atom stereocenters. The van der Waals surface area contributed by atoms with Gasteiger partial charge in [-0.1, -0.05) is 0 Å². The van der Waals surface area contributed by atoms with E-state index in [-0.39, 0.29) is 11.9 Å². The Hall–Kier alpha value is -1.18. The molecule has 112 valence electrons. The van der Waals surface area contributed by atoms with Crippen LogP contribution in [0.15, 0.2) is 18.2 Å². The van der Waals surface area contributed by atoms with Gasteiger partial charge in [0.05, 0.1) is 6.26 Å². The Morgan fingerprint density at radius 2 is 1.85 bits per heavy atom. The van der Waals surface area contributed by atoms with Crippen molar-refractivity contribution >= 4 is 15.7 Å². The van der Waals surface area contributed by atoms with Crippen LogP contribution in [0.1, 0.15) is 18.5 Å². The Morgan fingerprint density at radius 1 is 1.25 bits per heavy atom. The molecular formula is C13H20FN3O2S. The molecular weight excluding hydrogens is 281 g/mol. The van der Waals surface area contributed by atoms with E-state index >= 15 is 0 Å². The van der Waals surface area contributed by atoms with E-state index in [0.29, 0.717) is 26.2 Å². The van der Waals surface area contributed by atoms with Crippen LogP contribution in [0.3, 0.4) is 0 Å². The lowest BCUT2D eigenvalue weighted by atomic mass is 10.1. The van der Waals surface area contributed by atoms with Gasteiger partial charge in [-0.15, -0.1) is 0 Å². The second-order valence-corrected chi connectivity index (χ2v) is 7.12. The lowest BCUT2D eigenvalue weighted by Crippen LogP contribution is -2.48. The Kier molecular flexibility index (Phi) is 4.31. The SMILES string of the molecule is C[C@H](N)c1cc(F)ccc1N1CCN(S(C)(=O)=O)CC1. The average Bonchev–Trinajstić information content (AvgIpc) is 2.37. The molecule has 0 amide bonds. The third kappa shape index (κ3) is 3.28. The van der Waals surface area contributed by atoms with Gasteiger partial charge in [-0.25, -0.2) is 12.8 Å².